The summed E-state index contributed by atoms with van der Waals surface area (Å²) in [5, 5.41) is 9.83. The molecule has 19 heavy (non-hydrogen) atoms. The first-order valence-corrected chi connectivity index (χ1v) is 6.85. The van der Waals surface area contributed by atoms with E-state index in [0.717, 1.165) is 26.6 Å². The van der Waals surface area contributed by atoms with Gasteiger partial charge >= 0.3 is 5.92 Å². The lowest BCUT2D eigenvalue weighted by Crippen LogP contribution is -2.52. The van der Waals surface area contributed by atoms with Crippen LogP contribution >= 0.6 is 0 Å². The van der Waals surface area contributed by atoms with Gasteiger partial charge in [0.2, 0.25) is 0 Å². The van der Waals surface area contributed by atoms with E-state index in [4.69, 9.17) is 4.74 Å². The number of hydrogen-bond acceptors (Lipinski definition) is 2. The first-order chi connectivity index (χ1) is 8.73. The molecule has 0 aromatic rings. The predicted molar refractivity (Wildman–Crippen MR) is 69.1 cm³/mol. The van der Waals surface area contributed by atoms with Crippen LogP contribution in [0.15, 0.2) is 0 Å². The number of likely N-dealkylation sites (N-methyl/N-ethyl adjacent to an activating group) is 1. The molecule has 0 radical (unpaired) electrons. The highest BCUT2D eigenvalue weighted by atomic mass is 19.3. The zero-order chi connectivity index (χ0) is 15.1. The Morgan fingerprint density at radius 2 is 1.63 bits per heavy atom. The molecule has 0 heterocycles. The molecule has 0 spiro atoms. The van der Waals surface area contributed by atoms with Crippen molar-refractivity contribution in [2.75, 3.05) is 39.4 Å². The fraction of sp³-hybridized carbons (Fsp3) is 1.00. The summed E-state index contributed by atoms with van der Waals surface area (Å²) < 4.78 is 43.9. The average Bonchev–Trinajstić information content (AvgIpc) is 2.35. The third-order valence-corrected chi connectivity index (χ3v) is 3.80. The zero-order valence-corrected chi connectivity index (χ0v) is 12.3. The minimum atomic E-state index is -3.49. The van der Waals surface area contributed by atoms with Crippen molar-refractivity contribution >= 4 is 0 Å². The summed E-state index contributed by atoms with van der Waals surface area (Å²) >= 11 is 0. The highest BCUT2D eigenvalue weighted by Gasteiger charge is 2.37. The minimum Gasteiger partial charge on any atom is -0.385 e. The van der Waals surface area contributed by atoms with E-state index in [1.165, 1.54) is 0 Å². The lowest BCUT2D eigenvalue weighted by Gasteiger charge is -2.37. The van der Waals surface area contributed by atoms with E-state index in [9.17, 15) is 18.3 Å². The summed E-state index contributed by atoms with van der Waals surface area (Å²) in [6.07, 6.45) is -3.06. The van der Waals surface area contributed by atoms with Crippen LogP contribution in [0.2, 0.25) is 0 Å². The van der Waals surface area contributed by atoms with Crippen molar-refractivity contribution < 1.29 is 27.5 Å². The summed E-state index contributed by atoms with van der Waals surface area (Å²) in [5.74, 6) is -3.49. The molecule has 3 nitrogen and oxygen atoms in total. The maximum absolute atomic E-state index is 12.9. The summed E-state index contributed by atoms with van der Waals surface area (Å²) in [4.78, 5) is 0. The molecule has 0 saturated heterocycles. The van der Waals surface area contributed by atoms with Crippen LogP contribution in [-0.4, -0.2) is 67.2 Å². The number of rotatable bonds is 10. The van der Waals surface area contributed by atoms with Crippen molar-refractivity contribution in [3.8, 4) is 0 Å². The van der Waals surface area contributed by atoms with Gasteiger partial charge < -0.3 is 14.3 Å². The van der Waals surface area contributed by atoms with Gasteiger partial charge in [0.05, 0.1) is 26.2 Å². The standard InChI is InChI=1S/C13H27F3NO2/c1-5-17(6-2,7-3)8-12(18)9-19-10-13(15,16)11(4)14/h11-12,18H,5-10H2,1-4H3/q+1. The third-order valence-electron chi connectivity index (χ3n) is 3.80. The molecule has 0 aliphatic heterocycles. The molecule has 0 rings (SSSR count). The van der Waals surface area contributed by atoms with Crippen molar-refractivity contribution in [1.82, 2.24) is 0 Å². The summed E-state index contributed by atoms with van der Waals surface area (Å²) in [7, 11) is 0. The van der Waals surface area contributed by atoms with Crippen LogP contribution in [0.5, 0.6) is 0 Å². The summed E-state index contributed by atoms with van der Waals surface area (Å²) in [5.41, 5.74) is 0. The Kier molecular flexibility index (Phi) is 7.93. The molecule has 116 valence electrons. The fourth-order valence-electron chi connectivity index (χ4n) is 2.00. The number of aliphatic hydroxyl groups is 1. The monoisotopic (exact) mass is 286 g/mol. The number of aliphatic hydroxyl groups excluding tert-OH is 1. The Bertz CT molecular complexity index is 238. The van der Waals surface area contributed by atoms with Crippen LogP contribution < -0.4 is 0 Å². The van der Waals surface area contributed by atoms with Crippen LogP contribution in [0, 0.1) is 0 Å². The second kappa shape index (κ2) is 8.07. The molecule has 2 atom stereocenters. The summed E-state index contributed by atoms with van der Waals surface area (Å²) in [6, 6.07) is 0. The van der Waals surface area contributed by atoms with Crippen LogP contribution in [0.4, 0.5) is 13.2 Å². The molecule has 0 amide bonds. The Hall–Kier alpha value is -0.330. The minimum absolute atomic E-state index is 0.192. The first-order valence-electron chi connectivity index (χ1n) is 6.85. The van der Waals surface area contributed by atoms with E-state index in [1.54, 1.807) is 0 Å². The quantitative estimate of drug-likeness (QED) is 0.624. The molecular formula is C13H27F3NO2+. The maximum Gasteiger partial charge on any atom is 0.301 e. The van der Waals surface area contributed by atoms with E-state index in [-0.39, 0.29) is 6.61 Å². The van der Waals surface area contributed by atoms with Crippen LogP contribution in [0.25, 0.3) is 0 Å². The van der Waals surface area contributed by atoms with Crippen molar-refractivity contribution in [3.05, 3.63) is 0 Å². The largest absolute Gasteiger partial charge is 0.385 e. The van der Waals surface area contributed by atoms with E-state index < -0.39 is 24.8 Å². The van der Waals surface area contributed by atoms with Gasteiger partial charge in [-0.25, -0.2) is 13.2 Å². The highest BCUT2D eigenvalue weighted by molar-refractivity contribution is 4.72. The molecular weight excluding hydrogens is 259 g/mol. The zero-order valence-electron chi connectivity index (χ0n) is 12.3. The van der Waals surface area contributed by atoms with E-state index >= 15 is 0 Å². The van der Waals surface area contributed by atoms with Gasteiger partial charge in [-0.2, -0.15) is 0 Å². The number of halogens is 3. The topological polar surface area (TPSA) is 29.5 Å². The average molecular weight is 286 g/mol. The lowest BCUT2D eigenvalue weighted by molar-refractivity contribution is -0.926. The molecule has 6 heteroatoms. The van der Waals surface area contributed by atoms with Crippen LogP contribution in [0.3, 0.4) is 0 Å². The molecule has 2 unspecified atom stereocenters. The second-order valence-electron chi connectivity index (χ2n) is 5.02. The molecule has 0 aromatic heterocycles. The number of quaternary nitrogens is 1. The normalized spacial score (nSPS) is 16.4. The second-order valence-corrected chi connectivity index (χ2v) is 5.02. The molecule has 0 aromatic carbocycles. The molecule has 1 N–H and O–H groups in total. The molecule has 0 bridgehead atoms. The van der Waals surface area contributed by atoms with Gasteiger partial charge in [-0.3, -0.25) is 0 Å². The Morgan fingerprint density at radius 1 is 1.16 bits per heavy atom. The Morgan fingerprint density at radius 3 is 2.00 bits per heavy atom. The van der Waals surface area contributed by atoms with E-state index in [0.29, 0.717) is 11.0 Å². The van der Waals surface area contributed by atoms with Crippen LogP contribution in [0.1, 0.15) is 27.7 Å². The highest BCUT2D eigenvalue weighted by Crippen LogP contribution is 2.21. The van der Waals surface area contributed by atoms with E-state index in [2.05, 4.69) is 0 Å². The molecule has 0 saturated carbocycles. The van der Waals surface area contributed by atoms with Crippen molar-refractivity contribution in [1.29, 1.82) is 0 Å². The van der Waals surface area contributed by atoms with Gasteiger partial charge in [-0.15, -0.1) is 0 Å². The van der Waals surface area contributed by atoms with Crippen molar-refractivity contribution in [2.24, 2.45) is 0 Å². The van der Waals surface area contributed by atoms with Gasteiger partial charge in [0.15, 0.2) is 6.17 Å². The van der Waals surface area contributed by atoms with E-state index in [1.807, 2.05) is 20.8 Å². The third kappa shape index (κ3) is 6.10. The van der Waals surface area contributed by atoms with Gasteiger partial charge in [-0.1, -0.05) is 0 Å². The Labute approximate surface area is 113 Å². The maximum atomic E-state index is 12.9. The fourth-order valence-corrected chi connectivity index (χ4v) is 2.00. The smallest absolute Gasteiger partial charge is 0.301 e. The molecule has 0 fully saturated rings. The van der Waals surface area contributed by atoms with Crippen molar-refractivity contribution in [3.63, 3.8) is 0 Å². The van der Waals surface area contributed by atoms with Gasteiger partial charge in [0, 0.05) is 0 Å². The van der Waals surface area contributed by atoms with Gasteiger partial charge in [0.25, 0.3) is 0 Å². The first kappa shape index (κ1) is 18.7. The summed E-state index contributed by atoms with van der Waals surface area (Å²) in [6.45, 7) is 8.74. The number of ether oxygens (including phenoxy) is 1. The number of nitrogens with zero attached hydrogens (tertiary/aromatic N) is 1. The lowest BCUT2D eigenvalue weighted by atomic mass is 10.2. The number of hydrogen-bond donors (Lipinski definition) is 1. The van der Waals surface area contributed by atoms with Crippen LogP contribution in [-0.2, 0) is 4.74 Å². The van der Waals surface area contributed by atoms with Gasteiger partial charge in [-0.05, 0) is 27.7 Å². The SMILES string of the molecule is CC[N+](CC)(CC)CC(O)COCC(F)(F)C(C)F. The van der Waals surface area contributed by atoms with Gasteiger partial charge in [0.1, 0.15) is 19.3 Å². The molecule has 0 aliphatic rings. The molecule has 0 aliphatic carbocycles. The predicted octanol–water partition coefficient (Wildman–Crippen LogP) is 2.23. The number of alkyl halides is 3. The Balaban J connectivity index is 4.15. The van der Waals surface area contributed by atoms with Crippen molar-refractivity contribution in [2.45, 2.75) is 45.9 Å².